The first kappa shape index (κ1) is 8.04. The van der Waals surface area contributed by atoms with Crippen molar-refractivity contribution in [3.8, 4) is 0 Å². The molecule has 0 amide bonds. The first-order valence-corrected chi connectivity index (χ1v) is 4.20. The van der Waals surface area contributed by atoms with E-state index in [-0.39, 0.29) is 0 Å². The SMILES string of the molecule is CC(C)c1ncc2ncncc2n1. The summed E-state index contributed by atoms with van der Waals surface area (Å²) >= 11 is 0. The highest BCUT2D eigenvalue weighted by Crippen LogP contribution is 2.11. The summed E-state index contributed by atoms with van der Waals surface area (Å²) in [6, 6.07) is 0. The molecule has 13 heavy (non-hydrogen) atoms. The van der Waals surface area contributed by atoms with Crippen LogP contribution in [0.1, 0.15) is 25.6 Å². The van der Waals surface area contributed by atoms with Crippen molar-refractivity contribution in [3.63, 3.8) is 0 Å². The van der Waals surface area contributed by atoms with E-state index in [1.807, 2.05) is 0 Å². The number of aromatic nitrogens is 4. The van der Waals surface area contributed by atoms with Crippen LogP contribution in [0.15, 0.2) is 18.7 Å². The Labute approximate surface area is 76.1 Å². The van der Waals surface area contributed by atoms with Crippen LogP contribution in [0.4, 0.5) is 0 Å². The average Bonchev–Trinajstić information content (AvgIpc) is 2.17. The Morgan fingerprint density at radius 2 is 1.92 bits per heavy atom. The van der Waals surface area contributed by atoms with Crippen molar-refractivity contribution in [2.24, 2.45) is 0 Å². The molecular weight excluding hydrogens is 164 g/mol. The number of hydrogen-bond acceptors (Lipinski definition) is 4. The van der Waals surface area contributed by atoms with E-state index in [1.165, 1.54) is 6.33 Å². The fourth-order valence-electron chi connectivity index (χ4n) is 1.08. The Morgan fingerprint density at radius 3 is 2.69 bits per heavy atom. The molecule has 0 bridgehead atoms. The summed E-state index contributed by atoms with van der Waals surface area (Å²) in [7, 11) is 0. The molecule has 4 nitrogen and oxygen atoms in total. The molecule has 0 atom stereocenters. The number of rotatable bonds is 1. The highest BCUT2D eigenvalue weighted by Gasteiger charge is 2.03. The summed E-state index contributed by atoms with van der Waals surface area (Å²) in [5, 5.41) is 0. The van der Waals surface area contributed by atoms with Crippen LogP contribution in [0.2, 0.25) is 0 Å². The van der Waals surface area contributed by atoms with Crippen molar-refractivity contribution in [1.82, 2.24) is 19.9 Å². The van der Waals surface area contributed by atoms with Gasteiger partial charge in [0.25, 0.3) is 0 Å². The Bertz CT molecular complexity index is 425. The smallest absolute Gasteiger partial charge is 0.131 e. The largest absolute Gasteiger partial charge is 0.243 e. The molecule has 0 aromatic carbocycles. The quantitative estimate of drug-likeness (QED) is 0.658. The molecule has 2 rings (SSSR count). The summed E-state index contributed by atoms with van der Waals surface area (Å²) in [6.45, 7) is 4.12. The van der Waals surface area contributed by atoms with Crippen molar-refractivity contribution in [2.75, 3.05) is 0 Å². The van der Waals surface area contributed by atoms with E-state index < -0.39 is 0 Å². The summed E-state index contributed by atoms with van der Waals surface area (Å²) in [4.78, 5) is 16.5. The fraction of sp³-hybridized carbons (Fsp3) is 0.333. The summed E-state index contributed by atoms with van der Waals surface area (Å²) in [6.07, 6.45) is 4.94. The lowest BCUT2D eigenvalue weighted by Gasteiger charge is -2.02. The standard InChI is InChI=1S/C9H10N4/c1-6(2)9-11-4-7-8(13-9)3-10-5-12-7/h3-6H,1-2H3. The molecule has 0 N–H and O–H groups in total. The Morgan fingerprint density at radius 1 is 1.08 bits per heavy atom. The second-order valence-corrected chi connectivity index (χ2v) is 3.18. The lowest BCUT2D eigenvalue weighted by atomic mass is 10.2. The van der Waals surface area contributed by atoms with Crippen molar-refractivity contribution < 1.29 is 0 Å². The van der Waals surface area contributed by atoms with Gasteiger partial charge in [0.2, 0.25) is 0 Å². The Balaban J connectivity index is 2.62. The summed E-state index contributed by atoms with van der Waals surface area (Å²) in [5.41, 5.74) is 1.60. The van der Waals surface area contributed by atoms with Gasteiger partial charge in [0.1, 0.15) is 23.2 Å². The molecule has 0 fully saturated rings. The number of nitrogens with zero attached hydrogens (tertiary/aromatic N) is 4. The predicted molar refractivity (Wildman–Crippen MR) is 49.2 cm³/mol. The second-order valence-electron chi connectivity index (χ2n) is 3.18. The lowest BCUT2D eigenvalue weighted by molar-refractivity contribution is 0.781. The Kier molecular flexibility index (Phi) is 1.88. The monoisotopic (exact) mass is 174 g/mol. The van der Waals surface area contributed by atoms with Gasteiger partial charge in [0.15, 0.2) is 0 Å². The topological polar surface area (TPSA) is 51.6 Å². The first-order valence-electron chi connectivity index (χ1n) is 4.20. The lowest BCUT2D eigenvalue weighted by Crippen LogP contribution is -1.97. The van der Waals surface area contributed by atoms with Crippen LogP contribution in [0.5, 0.6) is 0 Å². The molecule has 0 saturated carbocycles. The van der Waals surface area contributed by atoms with E-state index >= 15 is 0 Å². The van der Waals surface area contributed by atoms with Crippen LogP contribution in [0.3, 0.4) is 0 Å². The van der Waals surface area contributed by atoms with Gasteiger partial charge in [-0.05, 0) is 0 Å². The van der Waals surface area contributed by atoms with E-state index in [4.69, 9.17) is 0 Å². The maximum Gasteiger partial charge on any atom is 0.131 e. The van der Waals surface area contributed by atoms with E-state index in [0.29, 0.717) is 5.92 Å². The molecule has 0 radical (unpaired) electrons. The fourth-order valence-corrected chi connectivity index (χ4v) is 1.08. The minimum Gasteiger partial charge on any atom is -0.243 e. The molecule has 0 spiro atoms. The molecule has 0 aliphatic rings. The zero-order valence-electron chi connectivity index (χ0n) is 7.60. The van der Waals surface area contributed by atoms with Gasteiger partial charge < -0.3 is 0 Å². The van der Waals surface area contributed by atoms with Crippen LogP contribution in [0.25, 0.3) is 11.0 Å². The van der Waals surface area contributed by atoms with Gasteiger partial charge in [-0.2, -0.15) is 0 Å². The predicted octanol–water partition coefficient (Wildman–Crippen LogP) is 1.54. The third-order valence-electron chi connectivity index (χ3n) is 1.79. The molecule has 66 valence electrons. The van der Waals surface area contributed by atoms with Gasteiger partial charge in [-0.1, -0.05) is 13.8 Å². The van der Waals surface area contributed by atoms with Crippen molar-refractivity contribution in [1.29, 1.82) is 0 Å². The summed E-state index contributed by atoms with van der Waals surface area (Å²) in [5.74, 6) is 1.17. The van der Waals surface area contributed by atoms with E-state index in [0.717, 1.165) is 16.9 Å². The van der Waals surface area contributed by atoms with Crippen LogP contribution in [0, 0.1) is 0 Å². The van der Waals surface area contributed by atoms with Crippen LogP contribution < -0.4 is 0 Å². The van der Waals surface area contributed by atoms with Crippen molar-refractivity contribution in [3.05, 3.63) is 24.5 Å². The van der Waals surface area contributed by atoms with E-state index in [2.05, 4.69) is 33.8 Å². The zero-order valence-corrected chi connectivity index (χ0v) is 7.60. The van der Waals surface area contributed by atoms with Crippen molar-refractivity contribution >= 4 is 11.0 Å². The average molecular weight is 174 g/mol. The van der Waals surface area contributed by atoms with Gasteiger partial charge in [-0.3, -0.25) is 0 Å². The Hall–Kier alpha value is -1.58. The van der Waals surface area contributed by atoms with E-state index in [1.54, 1.807) is 12.4 Å². The molecule has 2 aromatic rings. The summed E-state index contributed by atoms with van der Waals surface area (Å²) < 4.78 is 0. The maximum absolute atomic E-state index is 4.34. The molecule has 0 aliphatic carbocycles. The molecular formula is C9H10N4. The van der Waals surface area contributed by atoms with E-state index in [9.17, 15) is 0 Å². The molecule has 0 unspecified atom stereocenters. The molecule has 2 heterocycles. The number of hydrogen-bond donors (Lipinski definition) is 0. The first-order chi connectivity index (χ1) is 6.27. The second kappa shape index (κ2) is 3.05. The van der Waals surface area contributed by atoms with Gasteiger partial charge >= 0.3 is 0 Å². The minimum absolute atomic E-state index is 0.338. The highest BCUT2D eigenvalue weighted by atomic mass is 14.9. The van der Waals surface area contributed by atoms with Crippen LogP contribution in [-0.4, -0.2) is 19.9 Å². The van der Waals surface area contributed by atoms with Crippen molar-refractivity contribution in [2.45, 2.75) is 19.8 Å². The molecule has 4 heteroatoms. The van der Waals surface area contributed by atoms with Gasteiger partial charge in [0, 0.05) is 5.92 Å². The number of fused-ring (bicyclic) bond motifs is 1. The van der Waals surface area contributed by atoms with Crippen LogP contribution in [-0.2, 0) is 0 Å². The highest BCUT2D eigenvalue weighted by molar-refractivity contribution is 5.71. The third-order valence-corrected chi connectivity index (χ3v) is 1.79. The van der Waals surface area contributed by atoms with Gasteiger partial charge in [-0.25, -0.2) is 19.9 Å². The van der Waals surface area contributed by atoms with Gasteiger partial charge in [-0.15, -0.1) is 0 Å². The minimum atomic E-state index is 0.338. The maximum atomic E-state index is 4.34. The zero-order chi connectivity index (χ0) is 9.26. The van der Waals surface area contributed by atoms with Gasteiger partial charge in [0.05, 0.1) is 12.4 Å². The normalized spacial score (nSPS) is 11.0. The van der Waals surface area contributed by atoms with Crippen LogP contribution >= 0.6 is 0 Å². The molecule has 0 saturated heterocycles. The molecule has 0 aliphatic heterocycles. The third kappa shape index (κ3) is 1.47. The molecule has 2 aromatic heterocycles.